The highest BCUT2D eigenvalue weighted by molar-refractivity contribution is 7.89. The number of carbonyl (C=O) groups excluding carboxylic acids is 1. The lowest BCUT2D eigenvalue weighted by molar-refractivity contribution is -0.116. The van der Waals surface area contributed by atoms with E-state index in [1.54, 1.807) is 24.7 Å². The maximum atomic E-state index is 12.1. The predicted octanol–water partition coefficient (Wildman–Crippen LogP) is 2.35. The Morgan fingerprint density at radius 2 is 1.78 bits per heavy atom. The van der Waals surface area contributed by atoms with Crippen LogP contribution in [0.1, 0.15) is 12.0 Å². The lowest BCUT2D eigenvalue weighted by Crippen LogP contribution is -2.18. The van der Waals surface area contributed by atoms with Gasteiger partial charge in [-0.25, -0.2) is 18.1 Å². The summed E-state index contributed by atoms with van der Waals surface area (Å²) in [6, 6.07) is 14.0. The van der Waals surface area contributed by atoms with Crippen LogP contribution in [0.5, 0.6) is 0 Å². The Labute approximate surface area is 158 Å². The zero-order valence-electron chi connectivity index (χ0n) is 14.8. The van der Waals surface area contributed by atoms with E-state index in [1.165, 1.54) is 19.2 Å². The molecular formula is C19H20N4O3S. The van der Waals surface area contributed by atoms with Gasteiger partial charge in [0, 0.05) is 30.2 Å². The van der Waals surface area contributed by atoms with Gasteiger partial charge >= 0.3 is 0 Å². The highest BCUT2D eigenvalue weighted by atomic mass is 32.2. The Balaban J connectivity index is 1.54. The molecule has 0 saturated heterocycles. The highest BCUT2D eigenvalue weighted by Crippen LogP contribution is 2.15. The van der Waals surface area contributed by atoms with Crippen LogP contribution in [0.15, 0.2) is 72.1 Å². The van der Waals surface area contributed by atoms with Crippen molar-refractivity contribution in [1.29, 1.82) is 0 Å². The van der Waals surface area contributed by atoms with Crippen LogP contribution in [-0.2, 0) is 21.2 Å². The number of benzene rings is 2. The maximum absolute atomic E-state index is 12.1. The number of aryl methyl sites for hydroxylation is 1. The number of anilines is 1. The first-order valence-corrected chi connectivity index (χ1v) is 9.87. The van der Waals surface area contributed by atoms with Crippen LogP contribution in [0.3, 0.4) is 0 Å². The van der Waals surface area contributed by atoms with Crippen molar-refractivity contribution in [2.24, 2.45) is 0 Å². The monoisotopic (exact) mass is 384 g/mol. The van der Waals surface area contributed by atoms with E-state index in [4.69, 9.17) is 0 Å². The quantitative estimate of drug-likeness (QED) is 0.654. The van der Waals surface area contributed by atoms with Gasteiger partial charge in [-0.15, -0.1) is 0 Å². The number of hydrogen-bond acceptors (Lipinski definition) is 4. The number of carbonyl (C=O) groups is 1. The summed E-state index contributed by atoms with van der Waals surface area (Å²) in [4.78, 5) is 16.3. The van der Waals surface area contributed by atoms with E-state index in [9.17, 15) is 13.2 Å². The molecule has 1 heterocycles. The zero-order valence-corrected chi connectivity index (χ0v) is 15.6. The molecule has 7 nitrogen and oxygen atoms in total. The largest absolute Gasteiger partial charge is 0.326 e. The number of aromatic nitrogens is 2. The number of sulfonamides is 1. The van der Waals surface area contributed by atoms with Crippen molar-refractivity contribution in [2.45, 2.75) is 17.7 Å². The van der Waals surface area contributed by atoms with E-state index < -0.39 is 10.0 Å². The maximum Gasteiger partial charge on any atom is 0.240 e. The minimum absolute atomic E-state index is 0.0997. The van der Waals surface area contributed by atoms with Crippen molar-refractivity contribution in [1.82, 2.24) is 14.3 Å². The van der Waals surface area contributed by atoms with Crippen molar-refractivity contribution in [3.8, 4) is 5.69 Å². The van der Waals surface area contributed by atoms with Crippen molar-refractivity contribution >= 4 is 21.6 Å². The molecule has 0 atom stereocenters. The molecule has 0 bridgehead atoms. The van der Waals surface area contributed by atoms with Crippen LogP contribution >= 0.6 is 0 Å². The summed E-state index contributed by atoms with van der Waals surface area (Å²) in [5.74, 6) is -0.0997. The van der Waals surface area contributed by atoms with Gasteiger partial charge in [0.05, 0.1) is 11.2 Å². The molecule has 0 aliphatic rings. The van der Waals surface area contributed by atoms with Gasteiger partial charge in [0.15, 0.2) is 0 Å². The van der Waals surface area contributed by atoms with Gasteiger partial charge in [-0.05, 0) is 55.4 Å². The molecule has 140 valence electrons. The van der Waals surface area contributed by atoms with Crippen LogP contribution in [0, 0.1) is 0 Å². The first-order chi connectivity index (χ1) is 13.0. The molecule has 0 spiro atoms. The molecule has 1 aromatic heterocycles. The second kappa shape index (κ2) is 8.15. The molecule has 0 aliphatic heterocycles. The standard InChI is InChI=1S/C19H20N4O3S/c1-20-27(25,26)18-9-2-15(3-10-18)4-11-19(24)22-16-5-7-17(8-6-16)23-13-12-21-14-23/h2-3,5-10,12-14,20H,4,11H2,1H3,(H,22,24). The van der Waals surface area contributed by atoms with Gasteiger partial charge in [0.1, 0.15) is 0 Å². The number of rotatable bonds is 7. The van der Waals surface area contributed by atoms with Crippen LogP contribution in [0.4, 0.5) is 5.69 Å². The first-order valence-electron chi connectivity index (χ1n) is 8.39. The zero-order chi connectivity index (χ0) is 19.3. The summed E-state index contributed by atoms with van der Waals surface area (Å²) in [6.45, 7) is 0. The van der Waals surface area contributed by atoms with Crippen LogP contribution in [0.25, 0.3) is 5.69 Å². The van der Waals surface area contributed by atoms with Gasteiger partial charge in [-0.2, -0.15) is 0 Å². The summed E-state index contributed by atoms with van der Waals surface area (Å²) in [7, 11) is -2.07. The number of nitrogens with one attached hydrogen (secondary N) is 2. The van der Waals surface area contributed by atoms with E-state index in [0.717, 1.165) is 16.9 Å². The molecule has 0 saturated carbocycles. The Kier molecular flexibility index (Phi) is 5.68. The number of imidazole rings is 1. The van der Waals surface area contributed by atoms with Crippen molar-refractivity contribution in [2.75, 3.05) is 12.4 Å². The SMILES string of the molecule is CNS(=O)(=O)c1ccc(CCC(=O)Nc2ccc(-n3ccnc3)cc2)cc1. The molecule has 0 radical (unpaired) electrons. The van der Waals surface area contributed by atoms with Crippen LogP contribution in [0.2, 0.25) is 0 Å². The molecule has 1 amide bonds. The van der Waals surface area contributed by atoms with Crippen molar-refractivity contribution in [3.05, 3.63) is 72.8 Å². The summed E-state index contributed by atoms with van der Waals surface area (Å²) >= 11 is 0. The lowest BCUT2D eigenvalue weighted by Gasteiger charge is -2.08. The summed E-state index contributed by atoms with van der Waals surface area (Å²) in [5, 5.41) is 2.86. The molecule has 0 unspecified atom stereocenters. The van der Waals surface area contributed by atoms with E-state index >= 15 is 0 Å². The molecule has 8 heteroatoms. The third-order valence-corrected chi connectivity index (χ3v) is 5.53. The van der Waals surface area contributed by atoms with Gasteiger partial charge in [0.2, 0.25) is 15.9 Å². The topological polar surface area (TPSA) is 93.1 Å². The third kappa shape index (κ3) is 4.81. The Morgan fingerprint density at radius 3 is 2.37 bits per heavy atom. The summed E-state index contributed by atoms with van der Waals surface area (Å²) in [5.41, 5.74) is 2.58. The van der Waals surface area contributed by atoms with E-state index in [0.29, 0.717) is 12.8 Å². The highest BCUT2D eigenvalue weighted by Gasteiger charge is 2.11. The predicted molar refractivity (Wildman–Crippen MR) is 103 cm³/mol. The fourth-order valence-corrected chi connectivity index (χ4v) is 3.29. The fraction of sp³-hybridized carbons (Fsp3) is 0.158. The average molecular weight is 384 g/mol. The molecule has 2 N–H and O–H groups in total. The molecule has 3 aromatic rings. The number of nitrogens with zero attached hydrogens (tertiary/aromatic N) is 2. The van der Waals surface area contributed by atoms with Gasteiger partial charge in [-0.3, -0.25) is 4.79 Å². The molecule has 2 aromatic carbocycles. The molecule has 0 fully saturated rings. The summed E-state index contributed by atoms with van der Waals surface area (Å²) < 4.78 is 27.5. The lowest BCUT2D eigenvalue weighted by atomic mass is 10.1. The molecular weight excluding hydrogens is 364 g/mol. The van der Waals surface area contributed by atoms with Crippen molar-refractivity contribution < 1.29 is 13.2 Å². The normalized spacial score (nSPS) is 11.3. The van der Waals surface area contributed by atoms with Crippen LogP contribution < -0.4 is 10.0 Å². The minimum atomic E-state index is -3.44. The molecule has 0 aliphatic carbocycles. The first kappa shape index (κ1) is 18.8. The number of hydrogen-bond donors (Lipinski definition) is 2. The Bertz CT molecular complexity index is 996. The van der Waals surface area contributed by atoms with Gasteiger partial charge < -0.3 is 9.88 Å². The third-order valence-electron chi connectivity index (χ3n) is 4.10. The second-order valence-corrected chi connectivity index (χ2v) is 7.80. The van der Waals surface area contributed by atoms with Gasteiger partial charge in [0.25, 0.3) is 0 Å². The van der Waals surface area contributed by atoms with E-state index in [2.05, 4.69) is 15.0 Å². The summed E-state index contributed by atoms with van der Waals surface area (Å²) in [6.07, 6.45) is 6.10. The molecule has 3 rings (SSSR count). The smallest absolute Gasteiger partial charge is 0.240 e. The average Bonchev–Trinajstić information content (AvgIpc) is 3.22. The second-order valence-electron chi connectivity index (χ2n) is 5.92. The van der Waals surface area contributed by atoms with Crippen LogP contribution in [-0.4, -0.2) is 30.9 Å². The molecule has 27 heavy (non-hydrogen) atoms. The Hall–Kier alpha value is -2.97. The van der Waals surface area contributed by atoms with Gasteiger partial charge in [-0.1, -0.05) is 12.1 Å². The number of amides is 1. The van der Waals surface area contributed by atoms with E-state index in [-0.39, 0.29) is 10.8 Å². The minimum Gasteiger partial charge on any atom is -0.326 e. The van der Waals surface area contributed by atoms with E-state index in [1.807, 2.05) is 35.0 Å². The Morgan fingerprint density at radius 1 is 1.07 bits per heavy atom. The fourth-order valence-electron chi connectivity index (χ4n) is 2.56. The van der Waals surface area contributed by atoms with Crippen molar-refractivity contribution in [3.63, 3.8) is 0 Å².